The van der Waals surface area contributed by atoms with Gasteiger partial charge >= 0.3 is 15.6 Å². The molecule has 1 fully saturated rings. The van der Waals surface area contributed by atoms with Gasteiger partial charge in [-0.1, -0.05) is 61.0 Å². The predicted molar refractivity (Wildman–Crippen MR) is 114 cm³/mol. The van der Waals surface area contributed by atoms with Gasteiger partial charge in [-0.05, 0) is 53.8 Å². The highest BCUT2D eigenvalue weighted by Crippen LogP contribution is 2.49. The normalized spacial score (nSPS) is 15.6. The summed E-state index contributed by atoms with van der Waals surface area (Å²) in [7, 11) is -5.69. The molecule has 0 aromatic heterocycles. The summed E-state index contributed by atoms with van der Waals surface area (Å²) in [5.74, 6) is 0.374. The summed E-state index contributed by atoms with van der Waals surface area (Å²) in [5.41, 5.74) is -2.68. The van der Waals surface area contributed by atoms with E-state index in [1.54, 1.807) is 12.1 Å². The molecule has 3 aromatic rings. The van der Waals surface area contributed by atoms with E-state index < -0.39 is 15.6 Å². The third-order valence-electron chi connectivity index (χ3n) is 5.76. The van der Waals surface area contributed by atoms with Crippen LogP contribution >= 0.6 is 0 Å². The minimum Gasteiger partial charge on any atom is -0.489 e. The number of benzene rings is 3. The minimum atomic E-state index is -5.69. The molecule has 0 saturated heterocycles. The van der Waals surface area contributed by atoms with Crippen LogP contribution in [0.1, 0.15) is 36.0 Å². The lowest BCUT2D eigenvalue weighted by atomic mass is 9.60. The zero-order chi connectivity index (χ0) is 22.8. The molecule has 0 amide bonds. The summed E-state index contributed by atoms with van der Waals surface area (Å²) >= 11 is 0. The molecule has 0 bridgehead atoms. The van der Waals surface area contributed by atoms with E-state index in [2.05, 4.69) is 4.18 Å². The van der Waals surface area contributed by atoms with Crippen molar-refractivity contribution in [3.8, 4) is 11.5 Å². The standard InChI is InChI=1S/C24H21F3O4S/c25-24(26,27)32(28,29)31-22-13-9-20(10-14-22)23(15-4-16-23)19-7-11-21(12-8-19)30-17-18-5-2-1-3-6-18/h1-3,5-14H,4,15-17H2. The number of ether oxygens (including phenoxy) is 1. The van der Waals surface area contributed by atoms with Crippen molar-refractivity contribution in [3.05, 3.63) is 95.6 Å². The molecule has 0 spiro atoms. The van der Waals surface area contributed by atoms with Gasteiger partial charge in [0.25, 0.3) is 0 Å². The summed E-state index contributed by atoms with van der Waals surface area (Å²) in [6.07, 6.45) is 2.80. The van der Waals surface area contributed by atoms with Gasteiger partial charge in [0.15, 0.2) is 0 Å². The molecule has 1 aliphatic rings. The van der Waals surface area contributed by atoms with Crippen LogP contribution < -0.4 is 8.92 Å². The average molecular weight is 462 g/mol. The maximum absolute atomic E-state index is 12.5. The number of rotatable bonds is 7. The number of alkyl halides is 3. The highest BCUT2D eigenvalue weighted by molar-refractivity contribution is 7.88. The van der Waals surface area contributed by atoms with Gasteiger partial charge < -0.3 is 8.92 Å². The molecule has 0 atom stereocenters. The first-order valence-corrected chi connectivity index (χ1v) is 11.5. The van der Waals surface area contributed by atoms with E-state index in [0.29, 0.717) is 6.61 Å². The van der Waals surface area contributed by atoms with Gasteiger partial charge in [-0.15, -0.1) is 0 Å². The van der Waals surface area contributed by atoms with E-state index in [1.807, 2.05) is 54.6 Å². The lowest BCUT2D eigenvalue weighted by molar-refractivity contribution is -0.0500. The topological polar surface area (TPSA) is 52.6 Å². The first-order valence-electron chi connectivity index (χ1n) is 10.1. The third-order valence-corrected chi connectivity index (χ3v) is 6.74. The molecular formula is C24H21F3O4S. The molecule has 4 rings (SSSR count). The van der Waals surface area contributed by atoms with Crippen molar-refractivity contribution in [1.82, 2.24) is 0 Å². The Labute approximate surface area is 184 Å². The van der Waals surface area contributed by atoms with Crippen molar-refractivity contribution in [2.75, 3.05) is 0 Å². The lowest BCUT2D eigenvalue weighted by Crippen LogP contribution is -2.35. The zero-order valence-electron chi connectivity index (χ0n) is 17.0. The first-order chi connectivity index (χ1) is 15.2. The van der Waals surface area contributed by atoms with Gasteiger partial charge in [-0.3, -0.25) is 0 Å². The maximum atomic E-state index is 12.5. The average Bonchev–Trinajstić information content (AvgIpc) is 2.73. The Kier molecular flexibility index (Phi) is 5.90. The molecule has 1 saturated carbocycles. The first kappa shape index (κ1) is 22.2. The molecule has 0 heterocycles. The summed E-state index contributed by atoms with van der Waals surface area (Å²) in [6.45, 7) is 0.466. The van der Waals surface area contributed by atoms with E-state index in [1.165, 1.54) is 12.1 Å². The third kappa shape index (κ3) is 4.46. The molecule has 168 valence electrons. The van der Waals surface area contributed by atoms with Crippen molar-refractivity contribution in [3.63, 3.8) is 0 Å². The van der Waals surface area contributed by atoms with Crippen LogP contribution in [0.4, 0.5) is 13.2 Å². The second-order valence-corrected chi connectivity index (χ2v) is 9.28. The lowest BCUT2D eigenvalue weighted by Gasteiger charge is -2.43. The second-order valence-electron chi connectivity index (χ2n) is 7.74. The smallest absolute Gasteiger partial charge is 0.489 e. The van der Waals surface area contributed by atoms with E-state index in [0.717, 1.165) is 41.7 Å². The molecule has 32 heavy (non-hydrogen) atoms. The Balaban J connectivity index is 1.49. The Morgan fingerprint density at radius 1 is 0.781 bits per heavy atom. The van der Waals surface area contributed by atoms with Gasteiger partial charge in [0, 0.05) is 5.41 Å². The highest BCUT2D eigenvalue weighted by Gasteiger charge is 2.48. The Hall–Kier alpha value is -3.00. The van der Waals surface area contributed by atoms with Crippen LogP contribution in [-0.2, 0) is 22.1 Å². The monoisotopic (exact) mass is 462 g/mol. The van der Waals surface area contributed by atoms with Crippen molar-refractivity contribution in [2.45, 2.75) is 36.8 Å². The Bertz CT molecular complexity index is 1150. The van der Waals surface area contributed by atoms with Crippen LogP contribution in [0.3, 0.4) is 0 Å². The molecule has 0 N–H and O–H groups in total. The van der Waals surface area contributed by atoms with Crippen molar-refractivity contribution in [2.24, 2.45) is 0 Å². The molecule has 8 heteroatoms. The fourth-order valence-electron chi connectivity index (χ4n) is 3.89. The van der Waals surface area contributed by atoms with Gasteiger partial charge in [0.2, 0.25) is 0 Å². The van der Waals surface area contributed by atoms with Crippen LogP contribution in [0, 0.1) is 0 Å². The summed E-state index contributed by atoms with van der Waals surface area (Å²) in [5, 5.41) is 0. The van der Waals surface area contributed by atoms with Crippen LogP contribution in [0.5, 0.6) is 11.5 Å². The molecule has 0 radical (unpaired) electrons. The van der Waals surface area contributed by atoms with Crippen LogP contribution in [0.2, 0.25) is 0 Å². The van der Waals surface area contributed by atoms with Crippen molar-refractivity contribution >= 4 is 10.1 Å². The van der Waals surface area contributed by atoms with Crippen molar-refractivity contribution in [1.29, 1.82) is 0 Å². The van der Waals surface area contributed by atoms with E-state index in [-0.39, 0.29) is 11.2 Å². The van der Waals surface area contributed by atoms with Gasteiger partial charge in [0.05, 0.1) is 0 Å². The van der Waals surface area contributed by atoms with E-state index >= 15 is 0 Å². The summed E-state index contributed by atoms with van der Waals surface area (Å²) in [4.78, 5) is 0. The van der Waals surface area contributed by atoms with Gasteiger partial charge in [0.1, 0.15) is 18.1 Å². The Morgan fingerprint density at radius 2 is 1.31 bits per heavy atom. The molecular weight excluding hydrogens is 441 g/mol. The van der Waals surface area contributed by atoms with Gasteiger partial charge in [-0.2, -0.15) is 21.6 Å². The van der Waals surface area contributed by atoms with Crippen LogP contribution in [0.25, 0.3) is 0 Å². The highest BCUT2D eigenvalue weighted by atomic mass is 32.2. The number of halogens is 3. The second kappa shape index (κ2) is 8.50. The Morgan fingerprint density at radius 3 is 1.78 bits per heavy atom. The minimum absolute atomic E-state index is 0.264. The molecule has 0 aliphatic heterocycles. The number of hydrogen-bond donors (Lipinski definition) is 0. The number of hydrogen-bond acceptors (Lipinski definition) is 4. The SMILES string of the molecule is O=S(=O)(Oc1ccc(C2(c3ccc(OCc4ccccc4)cc3)CCC2)cc1)C(F)(F)F. The molecule has 3 aromatic carbocycles. The largest absolute Gasteiger partial charge is 0.534 e. The maximum Gasteiger partial charge on any atom is 0.534 e. The summed E-state index contributed by atoms with van der Waals surface area (Å²) in [6, 6.07) is 23.4. The molecule has 0 unspecified atom stereocenters. The van der Waals surface area contributed by atoms with Crippen LogP contribution in [0.15, 0.2) is 78.9 Å². The quantitative estimate of drug-likeness (QED) is 0.321. The fourth-order valence-corrected chi connectivity index (χ4v) is 4.35. The van der Waals surface area contributed by atoms with Crippen molar-refractivity contribution < 1.29 is 30.5 Å². The molecule has 1 aliphatic carbocycles. The molecule has 4 nitrogen and oxygen atoms in total. The van der Waals surface area contributed by atoms with E-state index in [9.17, 15) is 21.6 Å². The van der Waals surface area contributed by atoms with E-state index in [4.69, 9.17) is 4.74 Å². The fraction of sp³-hybridized carbons (Fsp3) is 0.250. The summed E-state index contributed by atoms with van der Waals surface area (Å²) < 4.78 is 70.1. The van der Waals surface area contributed by atoms with Gasteiger partial charge in [-0.25, -0.2) is 0 Å². The van der Waals surface area contributed by atoms with Crippen LogP contribution in [-0.4, -0.2) is 13.9 Å². The zero-order valence-corrected chi connectivity index (χ0v) is 17.8. The predicted octanol–water partition coefficient (Wildman–Crippen LogP) is 5.96.